The molecule has 0 fully saturated rings. The van der Waals surface area contributed by atoms with Crippen molar-refractivity contribution in [1.29, 1.82) is 0 Å². The smallest absolute Gasteiger partial charge is 0.221 e. The summed E-state index contributed by atoms with van der Waals surface area (Å²) >= 11 is 12.1. The molecule has 132 valence electrons. The summed E-state index contributed by atoms with van der Waals surface area (Å²) in [6.45, 7) is 1.73. The van der Waals surface area contributed by atoms with E-state index in [4.69, 9.17) is 27.9 Å². The summed E-state index contributed by atoms with van der Waals surface area (Å²) in [4.78, 5) is 23.5. The van der Waals surface area contributed by atoms with Crippen LogP contribution in [0.1, 0.15) is 22.8 Å². The second-order valence-electron chi connectivity index (χ2n) is 5.77. The number of amides is 1. The number of fused-ring (bicyclic) bond motifs is 1. The van der Waals surface area contributed by atoms with E-state index in [0.29, 0.717) is 33.7 Å². The average Bonchev–Trinajstić information content (AvgIpc) is 2.58. The van der Waals surface area contributed by atoms with E-state index in [0.717, 1.165) is 11.1 Å². The van der Waals surface area contributed by atoms with Gasteiger partial charge in [-0.25, -0.2) is 0 Å². The van der Waals surface area contributed by atoms with E-state index in [1.165, 1.54) is 13.0 Å². The van der Waals surface area contributed by atoms with Crippen molar-refractivity contribution in [3.05, 3.63) is 75.3 Å². The van der Waals surface area contributed by atoms with Gasteiger partial charge in [-0.05, 0) is 42.0 Å². The Hall–Kier alpha value is -2.56. The van der Waals surface area contributed by atoms with Crippen molar-refractivity contribution in [2.24, 2.45) is 0 Å². The highest BCUT2D eigenvalue weighted by Crippen LogP contribution is 2.36. The molecule has 1 N–H and O–H groups in total. The van der Waals surface area contributed by atoms with Gasteiger partial charge in [0.05, 0.1) is 5.02 Å². The van der Waals surface area contributed by atoms with Crippen LogP contribution in [0, 0.1) is 0 Å². The highest BCUT2D eigenvalue weighted by molar-refractivity contribution is 6.36. The number of benzene rings is 2. The zero-order valence-electron chi connectivity index (χ0n) is 13.9. The average molecular weight is 388 g/mol. The van der Waals surface area contributed by atoms with E-state index in [-0.39, 0.29) is 11.7 Å². The molecule has 0 spiro atoms. The Morgan fingerprint density at radius 1 is 1.19 bits per heavy atom. The number of nitrogens with one attached hydrogen (secondary N) is 1. The lowest BCUT2D eigenvalue weighted by molar-refractivity contribution is -0.114. The summed E-state index contributed by atoms with van der Waals surface area (Å²) in [5, 5.41) is 3.63. The number of anilines is 1. The molecule has 1 amide bonds. The van der Waals surface area contributed by atoms with Gasteiger partial charge in [-0.2, -0.15) is 0 Å². The highest BCUT2D eigenvalue weighted by atomic mass is 35.5. The monoisotopic (exact) mass is 387 g/mol. The molecule has 0 saturated carbocycles. The normalized spacial score (nSPS) is 13.0. The number of ketones is 1. The fourth-order valence-electron chi connectivity index (χ4n) is 2.57. The molecule has 0 radical (unpaired) electrons. The number of hydrogen-bond donors (Lipinski definition) is 1. The first-order chi connectivity index (χ1) is 12.4. The Kier molecular flexibility index (Phi) is 5.45. The van der Waals surface area contributed by atoms with E-state index in [1.807, 2.05) is 6.08 Å². The zero-order chi connectivity index (χ0) is 18.7. The minimum absolute atomic E-state index is 0.173. The van der Waals surface area contributed by atoms with Crippen molar-refractivity contribution in [2.75, 3.05) is 11.9 Å². The summed E-state index contributed by atoms with van der Waals surface area (Å²) in [5.74, 6) is 0.223. The van der Waals surface area contributed by atoms with Crippen LogP contribution in [0.5, 0.6) is 5.75 Å². The molecule has 0 aliphatic carbocycles. The highest BCUT2D eigenvalue weighted by Gasteiger charge is 2.15. The Morgan fingerprint density at radius 3 is 2.77 bits per heavy atom. The lowest BCUT2D eigenvalue weighted by Gasteiger charge is -2.17. The first-order valence-electron chi connectivity index (χ1n) is 7.85. The van der Waals surface area contributed by atoms with Crippen LogP contribution in [0.2, 0.25) is 10.0 Å². The summed E-state index contributed by atoms with van der Waals surface area (Å²) in [5.41, 5.74) is 2.65. The molecule has 0 unspecified atom stereocenters. The Morgan fingerprint density at radius 2 is 2.00 bits per heavy atom. The van der Waals surface area contributed by atoms with Crippen LogP contribution in [0.15, 0.2) is 54.1 Å². The van der Waals surface area contributed by atoms with Crippen molar-refractivity contribution in [3.8, 4) is 5.75 Å². The molecule has 26 heavy (non-hydrogen) atoms. The molecule has 3 rings (SSSR count). The number of carbonyl (C=O) groups is 2. The van der Waals surface area contributed by atoms with Crippen molar-refractivity contribution >= 4 is 46.7 Å². The third kappa shape index (κ3) is 4.34. The minimum Gasteiger partial charge on any atom is -0.487 e. The number of carbonyl (C=O) groups excluding carboxylic acids is 2. The topological polar surface area (TPSA) is 55.4 Å². The molecule has 1 aliphatic heterocycles. The third-order valence-electron chi connectivity index (χ3n) is 3.68. The van der Waals surface area contributed by atoms with Gasteiger partial charge in [-0.1, -0.05) is 41.4 Å². The Labute approximate surface area is 161 Å². The summed E-state index contributed by atoms with van der Waals surface area (Å²) in [6.07, 6.45) is 5.05. The van der Waals surface area contributed by atoms with Crippen LogP contribution in [-0.2, 0) is 4.79 Å². The molecular formula is C20H15Cl2NO3. The molecule has 0 bridgehead atoms. The van der Waals surface area contributed by atoms with Crippen LogP contribution >= 0.6 is 23.2 Å². The molecule has 0 aromatic heterocycles. The number of halogens is 2. The number of allylic oxidation sites excluding steroid dienone is 1. The first-order valence-corrected chi connectivity index (χ1v) is 8.60. The number of rotatable bonds is 4. The van der Waals surface area contributed by atoms with E-state index < -0.39 is 0 Å². The largest absolute Gasteiger partial charge is 0.487 e. The lowest BCUT2D eigenvalue weighted by Crippen LogP contribution is -2.07. The van der Waals surface area contributed by atoms with Gasteiger partial charge in [0.25, 0.3) is 0 Å². The Balaban J connectivity index is 1.78. The molecule has 1 aliphatic rings. The van der Waals surface area contributed by atoms with E-state index >= 15 is 0 Å². The quantitative estimate of drug-likeness (QED) is 0.581. The fourth-order valence-corrected chi connectivity index (χ4v) is 3.13. The number of ether oxygens (including phenoxy) is 1. The molecule has 6 heteroatoms. The van der Waals surface area contributed by atoms with E-state index in [1.54, 1.807) is 42.5 Å². The minimum atomic E-state index is -0.189. The van der Waals surface area contributed by atoms with Crippen LogP contribution < -0.4 is 10.1 Å². The number of hydrogen-bond acceptors (Lipinski definition) is 3. The van der Waals surface area contributed by atoms with Crippen LogP contribution in [0.4, 0.5) is 5.69 Å². The molecule has 2 aromatic carbocycles. The fraction of sp³-hybridized carbons (Fsp3) is 0.100. The van der Waals surface area contributed by atoms with Gasteiger partial charge in [0.2, 0.25) is 5.91 Å². The molecule has 2 aromatic rings. The van der Waals surface area contributed by atoms with E-state index in [2.05, 4.69) is 5.32 Å². The zero-order valence-corrected chi connectivity index (χ0v) is 15.4. The van der Waals surface area contributed by atoms with Crippen molar-refractivity contribution in [1.82, 2.24) is 0 Å². The second-order valence-corrected chi connectivity index (χ2v) is 6.62. The van der Waals surface area contributed by atoms with Gasteiger partial charge >= 0.3 is 0 Å². The first kappa shape index (κ1) is 18.2. The van der Waals surface area contributed by atoms with Gasteiger partial charge in [-0.15, -0.1) is 0 Å². The molecule has 0 atom stereocenters. The molecular weight excluding hydrogens is 373 g/mol. The standard InChI is InChI=1S/C20H15Cl2NO3/c1-12(24)23-17-4-2-3-14(9-17)19(25)6-5-13-7-15-8-16(21)10-18(22)20(15)26-11-13/h2-10H,11H2,1H3,(H,23,24)/b6-5+. The van der Waals surface area contributed by atoms with Gasteiger partial charge in [0.15, 0.2) is 5.78 Å². The molecule has 4 nitrogen and oxygen atoms in total. The summed E-state index contributed by atoms with van der Waals surface area (Å²) in [7, 11) is 0. The SMILES string of the molecule is CC(=O)Nc1cccc(C(=O)/C=C/C2=Cc3cc(Cl)cc(Cl)c3OC2)c1. The summed E-state index contributed by atoms with van der Waals surface area (Å²) < 4.78 is 5.65. The second kappa shape index (κ2) is 7.77. The molecule has 0 saturated heterocycles. The van der Waals surface area contributed by atoms with Crippen LogP contribution in [-0.4, -0.2) is 18.3 Å². The lowest BCUT2D eigenvalue weighted by atomic mass is 10.1. The predicted molar refractivity (Wildman–Crippen MR) is 104 cm³/mol. The maximum atomic E-state index is 12.4. The van der Waals surface area contributed by atoms with E-state index in [9.17, 15) is 9.59 Å². The van der Waals surface area contributed by atoms with Crippen LogP contribution in [0.3, 0.4) is 0 Å². The van der Waals surface area contributed by atoms with Crippen LogP contribution in [0.25, 0.3) is 6.08 Å². The van der Waals surface area contributed by atoms with Crippen molar-refractivity contribution in [3.63, 3.8) is 0 Å². The third-order valence-corrected chi connectivity index (χ3v) is 4.18. The van der Waals surface area contributed by atoms with Gasteiger partial charge in [0, 0.05) is 28.8 Å². The Bertz CT molecular complexity index is 948. The maximum absolute atomic E-state index is 12.4. The maximum Gasteiger partial charge on any atom is 0.221 e. The van der Waals surface area contributed by atoms with Gasteiger partial charge in [0.1, 0.15) is 12.4 Å². The van der Waals surface area contributed by atoms with Crippen molar-refractivity contribution < 1.29 is 14.3 Å². The van der Waals surface area contributed by atoms with Gasteiger partial charge in [-0.3, -0.25) is 9.59 Å². The molecule has 1 heterocycles. The predicted octanol–water partition coefficient (Wildman–Crippen LogP) is 5.17. The summed E-state index contributed by atoms with van der Waals surface area (Å²) in [6, 6.07) is 10.2. The van der Waals surface area contributed by atoms with Crippen molar-refractivity contribution in [2.45, 2.75) is 6.92 Å². The van der Waals surface area contributed by atoms with Gasteiger partial charge < -0.3 is 10.1 Å².